The predicted octanol–water partition coefficient (Wildman–Crippen LogP) is 5.86. The van der Waals surface area contributed by atoms with E-state index in [9.17, 15) is 14.4 Å². The molecule has 0 aliphatic carbocycles. The number of halogens is 2. The molecule has 0 unspecified atom stereocenters. The summed E-state index contributed by atoms with van der Waals surface area (Å²) in [6.45, 7) is 2.53. The van der Waals surface area contributed by atoms with Crippen molar-refractivity contribution in [1.82, 2.24) is 5.32 Å². The molecule has 3 aromatic carbocycles. The Hall–Kier alpha value is -3.63. The fourth-order valence-electron chi connectivity index (χ4n) is 3.60. The van der Waals surface area contributed by atoms with Crippen molar-refractivity contribution in [2.75, 3.05) is 18.6 Å². The Morgan fingerprint density at radius 2 is 1.65 bits per heavy atom. The molecule has 8 nitrogen and oxygen atoms in total. The number of nitrogens with one attached hydrogen (secondary N) is 1. The SMILES string of the molecule is CCOc1cc(/C=C2\C(=O)NC(=O)N(c3ccc(OC)cc3)C2=O)cc(Br)c1OCc1ccc(Br)cc1. The second-order valence-electron chi connectivity index (χ2n) is 7.83. The number of rotatable bonds is 8. The minimum absolute atomic E-state index is 0.201. The summed E-state index contributed by atoms with van der Waals surface area (Å²) in [6, 6.07) is 16.7. The van der Waals surface area contributed by atoms with Crippen LogP contribution in [0.5, 0.6) is 17.2 Å². The molecule has 1 N–H and O–H groups in total. The van der Waals surface area contributed by atoms with Crippen LogP contribution in [0.3, 0.4) is 0 Å². The van der Waals surface area contributed by atoms with Gasteiger partial charge < -0.3 is 14.2 Å². The zero-order valence-corrected chi connectivity index (χ0v) is 23.1. The molecule has 190 valence electrons. The van der Waals surface area contributed by atoms with Gasteiger partial charge in [-0.2, -0.15) is 0 Å². The van der Waals surface area contributed by atoms with Crippen LogP contribution in [0.15, 0.2) is 75.2 Å². The van der Waals surface area contributed by atoms with Crippen LogP contribution in [0, 0.1) is 0 Å². The number of urea groups is 1. The lowest BCUT2D eigenvalue weighted by atomic mass is 10.1. The van der Waals surface area contributed by atoms with Gasteiger partial charge in [0.1, 0.15) is 17.9 Å². The zero-order valence-electron chi connectivity index (χ0n) is 19.9. The van der Waals surface area contributed by atoms with E-state index in [-0.39, 0.29) is 5.57 Å². The number of amides is 4. The third kappa shape index (κ3) is 6.03. The number of barbiturate groups is 1. The minimum Gasteiger partial charge on any atom is -0.497 e. The molecule has 10 heteroatoms. The molecular weight excluding hydrogens is 608 g/mol. The average Bonchev–Trinajstić information content (AvgIpc) is 2.87. The third-order valence-electron chi connectivity index (χ3n) is 5.37. The van der Waals surface area contributed by atoms with Crippen LogP contribution in [-0.2, 0) is 16.2 Å². The standard InChI is InChI=1S/C27H22Br2N2O6/c1-3-36-23-14-17(13-22(29)24(23)37-15-16-4-6-18(28)7-5-16)12-21-25(32)30-27(34)31(26(21)33)19-8-10-20(35-2)11-9-19/h4-14H,3,15H2,1-2H3,(H,30,32,34)/b21-12+. The average molecular weight is 630 g/mol. The summed E-state index contributed by atoms with van der Waals surface area (Å²) < 4.78 is 18.5. The summed E-state index contributed by atoms with van der Waals surface area (Å²) >= 11 is 6.93. The van der Waals surface area contributed by atoms with Crippen molar-refractivity contribution in [2.45, 2.75) is 13.5 Å². The smallest absolute Gasteiger partial charge is 0.335 e. The van der Waals surface area contributed by atoms with Crippen molar-refractivity contribution in [2.24, 2.45) is 0 Å². The molecule has 4 rings (SSSR count). The summed E-state index contributed by atoms with van der Waals surface area (Å²) in [5.74, 6) is -0.0434. The molecule has 1 fully saturated rings. The van der Waals surface area contributed by atoms with Gasteiger partial charge >= 0.3 is 6.03 Å². The Morgan fingerprint density at radius 1 is 0.946 bits per heavy atom. The number of imide groups is 2. The monoisotopic (exact) mass is 628 g/mol. The molecule has 37 heavy (non-hydrogen) atoms. The van der Waals surface area contributed by atoms with Gasteiger partial charge in [0.05, 0.1) is 23.9 Å². The number of anilines is 1. The summed E-state index contributed by atoms with van der Waals surface area (Å²) in [5, 5.41) is 2.22. The number of hydrogen-bond donors (Lipinski definition) is 1. The van der Waals surface area contributed by atoms with E-state index < -0.39 is 17.8 Å². The number of nitrogens with zero attached hydrogens (tertiary/aromatic N) is 1. The molecule has 1 heterocycles. The lowest BCUT2D eigenvalue weighted by molar-refractivity contribution is -0.122. The molecule has 0 spiro atoms. The highest BCUT2D eigenvalue weighted by Crippen LogP contribution is 2.38. The van der Waals surface area contributed by atoms with Gasteiger partial charge in [0.25, 0.3) is 11.8 Å². The van der Waals surface area contributed by atoms with Gasteiger partial charge in [-0.25, -0.2) is 9.69 Å². The highest BCUT2D eigenvalue weighted by molar-refractivity contribution is 9.10. The summed E-state index contributed by atoms with van der Waals surface area (Å²) in [7, 11) is 1.51. The van der Waals surface area contributed by atoms with Gasteiger partial charge in [-0.05, 0) is 88.6 Å². The molecular formula is C27H22Br2N2O6. The Balaban J connectivity index is 1.64. The van der Waals surface area contributed by atoms with Crippen molar-refractivity contribution in [3.63, 3.8) is 0 Å². The van der Waals surface area contributed by atoms with Crippen LogP contribution in [0.25, 0.3) is 6.08 Å². The Bertz CT molecular complexity index is 1370. The Labute approximate surface area is 230 Å². The van der Waals surface area contributed by atoms with Crippen LogP contribution >= 0.6 is 31.9 Å². The van der Waals surface area contributed by atoms with Gasteiger partial charge in [0.2, 0.25) is 0 Å². The molecule has 0 aromatic heterocycles. The van der Waals surface area contributed by atoms with Crippen LogP contribution < -0.4 is 24.4 Å². The van der Waals surface area contributed by atoms with Gasteiger partial charge in [-0.3, -0.25) is 14.9 Å². The predicted molar refractivity (Wildman–Crippen MR) is 146 cm³/mol. The highest BCUT2D eigenvalue weighted by Gasteiger charge is 2.37. The van der Waals surface area contributed by atoms with E-state index in [2.05, 4.69) is 37.2 Å². The van der Waals surface area contributed by atoms with Crippen LogP contribution in [0.4, 0.5) is 10.5 Å². The number of carbonyl (C=O) groups is 3. The number of methoxy groups -OCH3 is 1. The van der Waals surface area contributed by atoms with E-state index >= 15 is 0 Å². The van der Waals surface area contributed by atoms with Crippen LogP contribution in [-0.4, -0.2) is 31.6 Å². The van der Waals surface area contributed by atoms with E-state index in [0.29, 0.717) is 46.2 Å². The highest BCUT2D eigenvalue weighted by atomic mass is 79.9. The topological polar surface area (TPSA) is 94.2 Å². The van der Waals surface area contributed by atoms with Gasteiger partial charge in [0, 0.05) is 4.47 Å². The maximum Gasteiger partial charge on any atom is 0.335 e. The normalized spacial score (nSPS) is 14.5. The second kappa shape index (κ2) is 11.6. The fraction of sp³-hybridized carbons (Fsp3) is 0.148. The molecule has 0 radical (unpaired) electrons. The third-order valence-corrected chi connectivity index (χ3v) is 6.49. The van der Waals surface area contributed by atoms with Gasteiger partial charge in [-0.1, -0.05) is 28.1 Å². The first-order chi connectivity index (χ1) is 17.8. The molecule has 0 atom stereocenters. The molecule has 1 aliphatic heterocycles. The summed E-state index contributed by atoms with van der Waals surface area (Å²) in [4.78, 5) is 39.2. The van der Waals surface area contributed by atoms with E-state index in [1.54, 1.807) is 36.4 Å². The summed E-state index contributed by atoms with van der Waals surface area (Å²) in [5.41, 5.74) is 1.58. The fourth-order valence-corrected chi connectivity index (χ4v) is 4.44. The van der Waals surface area contributed by atoms with E-state index in [4.69, 9.17) is 14.2 Å². The van der Waals surface area contributed by atoms with E-state index in [0.717, 1.165) is 14.9 Å². The molecule has 0 bridgehead atoms. The van der Waals surface area contributed by atoms with Crippen molar-refractivity contribution in [3.8, 4) is 17.2 Å². The number of carbonyl (C=O) groups excluding carboxylic acids is 3. The Kier molecular flexibility index (Phi) is 8.30. The number of ether oxygens (including phenoxy) is 3. The van der Waals surface area contributed by atoms with Crippen molar-refractivity contribution < 1.29 is 28.6 Å². The van der Waals surface area contributed by atoms with Gasteiger partial charge in [0.15, 0.2) is 11.5 Å². The molecule has 3 aromatic rings. The van der Waals surface area contributed by atoms with Crippen LogP contribution in [0.2, 0.25) is 0 Å². The zero-order chi connectivity index (χ0) is 26.5. The minimum atomic E-state index is -0.829. The first-order valence-corrected chi connectivity index (χ1v) is 12.8. The first kappa shape index (κ1) is 26.4. The number of benzene rings is 3. The largest absolute Gasteiger partial charge is 0.497 e. The summed E-state index contributed by atoms with van der Waals surface area (Å²) in [6.07, 6.45) is 1.41. The maximum absolute atomic E-state index is 13.2. The van der Waals surface area contributed by atoms with Gasteiger partial charge in [-0.15, -0.1) is 0 Å². The van der Waals surface area contributed by atoms with Crippen molar-refractivity contribution in [3.05, 3.63) is 86.3 Å². The van der Waals surface area contributed by atoms with E-state index in [1.807, 2.05) is 31.2 Å². The lowest BCUT2D eigenvalue weighted by Gasteiger charge is -2.26. The maximum atomic E-state index is 13.2. The van der Waals surface area contributed by atoms with Crippen molar-refractivity contribution in [1.29, 1.82) is 0 Å². The van der Waals surface area contributed by atoms with Crippen molar-refractivity contribution >= 4 is 61.5 Å². The molecule has 1 saturated heterocycles. The van der Waals surface area contributed by atoms with E-state index in [1.165, 1.54) is 13.2 Å². The molecule has 1 aliphatic rings. The molecule has 4 amide bonds. The Morgan fingerprint density at radius 3 is 2.30 bits per heavy atom. The quantitative estimate of drug-likeness (QED) is 0.248. The molecule has 0 saturated carbocycles. The lowest BCUT2D eigenvalue weighted by Crippen LogP contribution is -2.54. The van der Waals surface area contributed by atoms with Crippen LogP contribution in [0.1, 0.15) is 18.1 Å². The number of hydrogen-bond acceptors (Lipinski definition) is 6. The second-order valence-corrected chi connectivity index (χ2v) is 9.60. The first-order valence-electron chi connectivity index (χ1n) is 11.2.